The fourth-order valence-corrected chi connectivity index (χ4v) is 5.69. The maximum atomic E-state index is 16.3. The maximum absolute atomic E-state index is 16.3. The van der Waals surface area contributed by atoms with Gasteiger partial charge in [0.25, 0.3) is 0 Å². The van der Waals surface area contributed by atoms with Gasteiger partial charge in [-0.2, -0.15) is 9.97 Å². The first-order chi connectivity index (χ1) is 19.2. The topological polar surface area (TPSA) is 94.9 Å². The highest BCUT2D eigenvalue weighted by Gasteiger charge is 2.35. The van der Waals surface area contributed by atoms with Crippen molar-refractivity contribution in [2.24, 2.45) is 0 Å². The van der Waals surface area contributed by atoms with E-state index in [0.717, 1.165) is 19.4 Å². The lowest BCUT2D eigenvalue weighted by Crippen LogP contribution is -2.60. The predicted octanol–water partition coefficient (Wildman–Crippen LogP) is 5.05. The molecule has 6 rings (SSSR count). The van der Waals surface area contributed by atoms with Crippen LogP contribution in [0.4, 0.5) is 19.4 Å². The van der Waals surface area contributed by atoms with Crippen molar-refractivity contribution in [1.82, 2.24) is 24.8 Å². The van der Waals surface area contributed by atoms with Gasteiger partial charge >= 0.3 is 12.1 Å². The summed E-state index contributed by atoms with van der Waals surface area (Å²) in [6.45, 7) is 2.08. The number of amides is 1. The van der Waals surface area contributed by atoms with E-state index in [1.165, 1.54) is 24.2 Å². The normalized spacial score (nSPS) is 17.9. The molecule has 2 fully saturated rings. The molecule has 4 heterocycles. The fraction of sp³-hybridized carbons (Fsp3) is 0.357. The predicted molar refractivity (Wildman–Crippen MR) is 148 cm³/mol. The van der Waals surface area contributed by atoms with Gasteiger partial charge < -0.3 is 24.5 Å². The molecule has 2 saturated heterocycles. The van der Waals surface area contributed by atoms with Crippen LogP contribution >= 0.6 is 11.6 Å². The number of carbonyl (C=O) groups is 1. The van der Waals surface area contributed by atoms with Gasteiger partial charge in [0.05, 0.1) is 16.5 Å². The molecule has 2 aliphatic heterocycles. The Morgan fingerprint density at radius 1 is 1.23 bits per heavy atom. The van der Waals surface area contributed by atoms with Crippen molar-refractivity contribution in [2.75, 3.05) is 45.2 Å². The van der Waals surface area contributed by atoms with Crippen LogP contribution in [0.25, 0.3) is 32.9 Å². The number of aromatic nitrogens is 3. The van der Waals surface area contributed by atoms with Crippen molar-refractivity contribution in [3.05, 3.63) is 53.2 Å². The molecule has 2 aromatic heterocycles. The highest BCUT2D eigenvalue weighted by Crippen LogP contribution is 2.39. The van der Waals surface area contributed by atoms with Crippen molar-refractivity contribution in [3.8, 4) is 17.3 Å². The molecule has 9 nitrogen and oxygen atoms in total. The molecular formula is C28H27ClF2N6O3. The van der Waals surface area contributed by atoms with Crippen LogP contribution in [-0.2, 0) is 0 Å². The SMILES string of the molecule is CN1CCCC1COc1nc(N2CC(N(C)C(=O)O)C2)c2cnc(-c3cccc4ccc(F)c(Cl)c34)c(F)c2n1. The van der Waals surface area contributed by atoms with E-state index in [-0.39, 0.29) is 34.3 Å². The second kappa shape index (κ2) is 10.3. The van der Waals surface area contributed by atoms with E-state index < -0.39 is 17.7 Å². The summed E-state index contributed by atoms with van der Waals surface area (Å²) in [6, 6.07) is 7.98. The molecule has 1 atom stereocenters. The molecule has 1 N–H and O–H groups in total. The van der Waals surface area contributed by atoms with Crippen molar-refractivity contribution >= 4 is 45.2 Å². The Balaban J connectivity index is 1.45. The molecule has 12 heteroatoms. The Hall–Kier alpha value is -3.83. The van der Waals surface area contributed by atoms with E-state index in [4.69, 9.17) is 16.3 Å². The highest BCUT2D eigenvalue weighted by atomic mass is 35.5. The van der Waals surface area contributed by atoms with E-state index in [2.05, 4.69) is 19.9 Å². The number of rotatable bonds is 6. The maximum Gasteiger partial charge on any atom is 0.407 e. The van der Waals surface area contributed by atoms with Crippen LogP contribution in [0.1, 0.15) is 12.8 Å². The van der Waals surface area contributed by atoms with E-state index in [1.54, 1.807) is 24.3 Å². The Bertz CT molecular complexity index is 1630. The van der Waals surface area contributed by atoms with Crippen LogP contribution in [0, 0.1) is 11.6 Å². The smallest absolute Gasteiger partial charge is 0.407 e. The lowest BCUT2D eigenvalue weighted by atomic mass is 10.0. The number of likely N-dealkylation sites (tertiary alicyclic amines) is 1. The summed E-state index contributed by atoms with van der Waals surface area (Å²) < 4.78 is 36.7. The molecule has 2 aromatic carbocycles. The number of hydrogen-bond donors (Lipinski definition) is 1. The first-order valence-corrected chi connectivity index (χ1v) is 13.4. The van der Waals surface area contributed by atoms with Gasteiger partial charge in [-0.1, -0.05) is 35.9 Å². The molecule has 4 aromatic rings. The van der Waals surface area contributed by atoms with Crippen molar-refractivity contribution in [2.45, 2.75) is 24.9 Å². The molecule has 0 radical (unpaired) electrons. The first-order valence-electron chi connectivity index (χ1n) is 13.0. The molecule has 1 unspecified atom stereocenters. The number of ether oxygens (including phenoxy) is 1. The number of hydrogen-bond acceptors (Lipinski definition) is 7. The van der Waals surface area contributed by atoms with Gasteiger partial charge in [0.1, 0.15) is 29.5 Å². The average Bonchev–Trinajstić information content (AvgIpc) is 3.33. The second-order valence-electron chi connectivity index (χ2n) is 10.3. The van der Waals surface area contributed by atoms with Gasteiger partial charge in [0.2, 0.25) is 0 Å². The lowest BCUT2D eigenvalue weighted by molar-refractivity contribution is 0.129. The molecule has 0 bridgehead atoms. The minimum Gasteiger partial charge on any atom is -0.465 e. The number of likely N-dealkylation sites (N-methyl/N-ethyl adjacent to an activating group) is 2. The summed E-state index contributed by atoms with van der Waals surface area (Å²) in [5.74, 6) is -0.912. The van der Waals surface area contributed by atoms with Crippen molar-refractivity contribution in [3.63, 3.8) is 0 Å². The van der Waals surface area contributed by atoms with Gasteiger partial charge in [0.15, 0.2) is 5.82 Å². The summed E-state index contributed by atoms with van der Waals surface area (Å²) in [5, 5.41) is 10.6. The van der Waals surface area contributed by atoms with Crippen LogP contribution in [-0.4, -0.2) is 88.4 Å². The number of benzene rings is 2. The lowest BCUT2D eigenvalue weighted by Gasteiger charge is -2.43. The Kier molecular flexibility index (Phi) is 6.79. The van der Waals surface area contributed by atoms with Gasteiger partial charge in [-0.05, 0) is 37.9 Å². The summed E-state index contributed by atoms with van der Waals surface area (Å²) >= 11 is 6.32. The number of fused-ring (bicyclic) bond motifs is 2. The zero-order valence-electron chi connectivity index (χ0n) is 21.9. The zero-order chi connectivity index (χ0) is 28.1. The average molecular weight is 569 g/mol. The Labute approximate surface area is 233 Å². The van der Waals surface area contributed by atoms with Gasteiger partial charge in [-0.15, -0.1) is 0 Å². The van der Waals surface area contributed by atoms with Crippen LogP contribution in [0.5, 0.6) is 6.01 Å². The minimum absolute atomic E-state index is 0.00402. The number of anilines is 1. The van der Waals surface area contributed by atoms with Crippen LogP contribution in [0.2, 0.25) is 5.02 Å². The number of pyridine rings is 1. The molecular weight excluding hydrogens is 542 g/mol. The number of carboxylic acid groups (broad SMARTS) is 1. The van der Waals surface area contributed by atoms with Crippen LogP contribution < -0.4 is 9.64 Å². The quantitative estimate of drug-likeness (QED) is 0.345. The zero-order valence-corrected chi connectivity index (χ0v) is 22.7. The summed E-state index contributed by atoms with van der Waals surface area (Å²) in [7, 11) is 3.54. The Morgan fingerprint density at radius 2 is 2.02 bits per heavy atom. The Morgan fingerprint density at radius 3 is 2.75 bits per heavy atom. The monoisotopic (exact) mass is 568 g/mol. The van der Waals surface area contributed by atoms with Crippen LogP contribution in [0.15, 0.2) is 36.5 Å². The molecule has 0 spiro atoms. The molecule has 208 valence electrons. The number of halogens is 3. The largest absolute Gasteiger partial charge is 0.465 e. The molecule has 0 saturated carbocycles. The third kappa shape index (κ3) is 4.52. The minimum atomic E-state index is -1.02. The molecule has 0 aliphatic carbocycles. The number of nitrogens with zero attached hydrogens (tertiary/aromatic N) is 6. The van der Waals surface area contributed by atoms with Gasteiger partial charge in [-0.25, -0.2) is 13.6 Å². The van der Waals surface area contributed by atoms with Crippen molar-refractivity contribution < 1.29 is 23.4 Å². The standard InChI is InChI=1S/C28H27ClF2N6O3/c1-35-10-4-6-16(35)14-40-27-33-25-19(26(34-27)37-12-17(13-37)36(2)28(38)39)11-32-24(23(25)31)18-7-3-5-15-8-9-20(30)22(29)21(15)18/h3,5,7-9,11,16-17H,4,6,10,12-14H2,1-2H3,(H,38,39). The molecule has 40 heavy (non-hydrogen) atoms. The summed E-state index contributed by atoms with van der Waals surface area (Å²) in [4.78, 5) is 30.2. The summed E-state index contributed by atoms with van der Waals surface area (Å²) in [6.07, 6.45) is 2.51. The summed E-state index contributed by atoms with van der Waals surface area (Å²) in [5.41, 5.74) is 0.317. The molecule has 1 amide bonds. The van der Waals surface area contributed by atoms with Gasteiger partial charge in [0, 0.05) is 43.3 Å². The second-order valence-corrected chi connectivity index (χ2v) is 10.7. The molecule has 2 aliphatic rings. The van der Waals surface area contributed by atoms with E-state index in [1.807, 2.05) is 11.9 Å². The van der Waals surface area contributed by atoms with Crippen LogP contribution in [0.3, 0.4) is 0 Å². The van der Waals surface area contributed by atoms with E-state index in [0.29, 0.717) is 47.2 Å². The fourth-order valence-electron chi connectivity index (χ4n) is 5.41. The third-order valence-electron chi connectivity index (χ3n) is 7.92. The first kappa shape index (κ1) is 26.4. The third-order valence-corrected chi connectivity index (χ3v) is 8.29. The van der Waals surface area contributed by atoms with E-state index in [9.17, 15) is 14.3 Å². The highest BCUT2D eigenvalue weighted by molar-refractivity contribution is 6.36. The van der Waals surface area contributed by atoms with E-state index >= 15 is 4.39 Å². The van der Waals surface area contributed by atoms with Gasteiger partial charge in [-0.3, -0.25) is 4.98 Å². The van der Waals surface area contributed by atoms with Crippen molar-refractivity contribution in [1.29, 1.82) is 0 Å².